The van der Waals surface area contributed by atoms with Gasteiger partial charge < -0.3 is 24.6 Å². The fourth-order valence-electron chi connectivity index (χ4n) is 2.94. The fraction of sp³-hybridized carbons (Fsp3) is 0.941. The normalized spacial score (nSPS) is 27.4. The molecular weight excluding hydrogens is 312 g/mol. The van der Waals surface area contributed by atoms with E-state index in [2.05, 4.69) is 10.2 Å². The monoisotopic (exact) mass is 344 g/mol. The first kappa shape index (κ1) is 19.6. The average Bonchev–Trinajstić information content (AvgIpc) is 3.39. The maximum atomic E-state index is 12.2. The molecule has 2 rings (SSSR count). The van der Waals surface area contributed by atoms with Gasteiger partial charge in [-0.05, 0) is 32.1 Å². The Morgan fingerprint density at radius 2 is 1.79 bits per heavy atom. The molecule has 0 aromatic heterocycles. The minimum atomic E-state index is -0.726. The molecule has 1 heterocycles. The summed E-state index contributed by atoms with van der Waals surface area (Å²) in [6.07, 6.45) is 2.90. The highest BCUT2D eigenvalue weighted by molar-refractivity contribution is 5.82. The van der Waals surface area contributed by atoms with E-state index in [0.717, 1.165) is 45.3 Å². The number of nitrogens with zero attached hydrogens (tertiary/aromatic N) is 1. The van der Waals surface area contributed by atoms with Gasteiger partial charge in [0.1, 0.15) is 0 Å². The fourth-order valence-corrected chi connectivity index (χ4v) is 2.94. The molecule has 3 atom stereocenters. The predicted molar refractivity (Wildman–Crippen MR) is 89.9 cm³/mol. The van der Waals surface area contributed by atoms with Crippen LogP contribution in [0.4, 0.5) is 0 Å². The lowest BCUT2D eigenvalue weighted by atomic mass is 9.98. The number of methoxy groups -OCH3 is 2. The van der Waals surface area contributed by atoms with E-state index in [-0.39, 0.29) is 18.1 Å². The summed E-state index contributed by atoms with van der Waals surface area (Å²) < 4.78 is 16.2. The Labute approximate surface area is 144 Å². The molecule has 24 heavy (non-hydrogen) atoms. The van der Waals surface area contributed by atoms with E-state index < -0.39 is 12.2 Å². The summed E-state index contributed by atoms with van der Waals surface area (Å²) in [7, 11) is 3.40. The predicted octanol–water partition coefficient (Wildman–Crippen LogP) is 0.158. The van der Waals surface area contributed by atoms with Crippen LogP contribution in [-0.4, -0.2) is 87.3 Å². The van der Waals surface area contributed by atoms with Crippen LogP contribution in [0.3, 0.4) is 0 Å². The Morgan fingerprint density at radius 1 is 1.12 bits per heavy atom. The summed E-state index contributed by atoms with van der Waals surface area (Å²) in [5.41, 5.74) is 0. The van der Waals surface area contributed by atoms with Crippen LogP contribution in [0, 0.1) is 0 Å². The summed E-state index contributed by atoms with van der Waals surface area (Å²) in [5.74, 6) is -0.162. The van der Waals surface area contributed by atoms with Gasteiger partial charge in [-0.1, -0.05) is 0 Å². The molecule has 0 bridgehead atoms. The van der Waals surface area contributed by atoms with E-state index >= 15 is 0 Å². The molecule has 2 N–H and O–H groups in total. The second kappa shape index (κ2) is 10.3. The quantitative estimate of drug-likeness (QED) is 0.556. The Hall–Kier alpha value is -0.730. The largest absolute Gasteiger partial charge is 0.390 e. The molecule has 2 aliphatic rings. The van der Waals surface area contributed by atoms with Gasteiger partial charge in [0, 0.05) is 39.9 Å². The lowest BCUT2D eigenvalue weighted by Gasteiger charge is -2.34. The number of aliphatic hydroxyl groups is 1. The maximum absolute atomic E-state index is 12.2. The van der Waals surface area contributed by atoms with Crippen molar-refractivity contribution >= 4 is 5.91 Å². The van der Waals surface area contributed by atoms with Crippen molar-refractivity contribution in [3.63, 3.8) is 0 Å². The molecule has 7 nitrogen and oxygen atoms in total. The third-order valence-electron chi connectivity index (χ3n) is 4.65. The third-order valence-corrected chi connectivity index (χ3v) is 4.65. The van der Waals surface area contributed by atoms with Crippen molar-refractivity contribution in [3.8, 4) is 0 Å². The smallest absolute Gasteiger partial charge is 0.252 e. The molecule has 1 saturated heterocycles. The molecule has 1 aliphatic heterocycles. The lowest BCUT2D eigenvalue weighted by Crippen LogP contribution is -2.50. The van der Waals surface area contributed by atoms with Gasteiger partial charge in [0.25, 0.3) is 5.91 Å². The van der Waals surface area contributed by atoms with Crippen LogP contribution >= 0.6 is 0 Å². The van der Waals surface area contributed by atoms with Gasteiger partial charge in [-0.3, -0.25) is 9.69 Å². The molecule has 1 amide bonds. The van der Waals surface area contributed by atoms with Crippen molar-refractivity contribution < 1.29 is 24.1 Å². The van der Waals surface area contributed by atoms with E-state index in [9.17, 15) is 9.90 Å². The second-order valence-corrected chi connectivity index (χ2v) is 6.72. The van der Waals surface area contributed by atoms with E-state index in [1.807, 2.05) is 0 Å². The highest BCUT2D eigenvalue weighted by Crippen LogP contribution is 2.24. The average molecular weight is 344 g/mol. The topological polar surface area (TPSA) is 80.3 Å². The van der Waals surface area contributed by atoms with Gasteiger partial charge in [-0.25, -0.2) is 0 Å². The SMILES string of the molecule is COCCN(CCOC)CC[C@@H]1CC[C@H](O)[C@@H](C(=O)NC2CC2)O1. The van der Waals surface area contributed by atoms with Crippen molar-refractivity contribution in [2.45, 2.75) is 56.5 Å². The van der Waals surface area contributed by atoms with Gasteiger partial charge in [0.15, 0.2) is 6.10 Å². The Bertz CT molecular complexity index is 370. The van der Waals surface area contributed by atoms with Crippen molar-refractivity contribution in [2.75, 3.05) is 47.1 Å². The minimum absolute atomic E-state index is 0.0101. The molecule has 0 radical (unpaired) electrons. The summed E-state index contributed by atoms with van der Waals surface area (Å²) in [5, 5.41) is 13.0. The van der Waals surface area contributed by atoms with Crippen molar-refractivity contribution in [2.24, 2.45) is 0 Å². The number of carbonyl (C=O) groups excluding carboxylic acids is 1. The van der Waals surface area contributed by atoms with Gasteiger partial charge >= 0.3 is 0 Å². The molecule has 1 aliphatic carbocycles. The lowest BCUT2D eigenvalue weighted by molar-refractivity contribution is -0.158. The maximum Gasteiger partial charge on any atom is 0.252 e. The van der Waals surface area contributed by atoms with Crippen molar-refractivity contribution in [1.82, 2.24) is 10.2 Å². The summed E-state index contributed by atoms with van der Waals surface area (Å²) in [4.78, 5) is 14.5. The van der Waals surface area contributed by atoms with Gasteiger partial charge in [0.05, 0.1) is 25.4 Å². The highest BCUT2D eigenvalue weighted by Gasteiger charge is 2.37. The Kier molecular flexibility index (Phi) is 8.41. The molecule has 0 unspecified atom stereocenters. The van der Waals surface area contributed by atoms with Crippen molar-refractivity contribution in [3.05, 3.63) is 0 Å². The van der Waals surface area contributed by atoms with Crippen LogP contribution in [0.5, 0.6) is 0 Å². The molecule has 0 aromatic carbocycles. The van der Waals surface area contributed by atoms with Gasteiger partial charge in [0.2, 0.25) is 0 Å². The zero-order valence-corrected chi connectivity index (χ0v) is 14.9. The van der Waals surface area contributed by atoms with E-state index in [0.29, 0.717) is 19.6 Å². The zero-order valence-electron chi connectivity index (χ0n) is 14.9. The van der Waals surface area contributed by atoms with Crippen LogP contribution in [0.25, 0.3) is 0 Å². The first-order chi connectivity index (χ1) is 11.6. The molecular formula is C17H32N2O5. The molecule has 2 fully saturated rings. The first-order valence-corrected chi connectivity index (χ1v) is 8.98. The van der Waals surface area contributed by atoms with Gasteiger partial charge in [-0.2, -0.15) is 0 Å². The summed E-state index contributed by atoms with van der Waals surface area (Å²) in [6.45, 7) is 3.92. The van der Waals surface area contributed by atoms with E-state index in [1.54, 1.807) is 14.2 Å². The third kappa shape index (κ3) is 6.64. The summed E-state index contributed by atoms with van der Waals surface area (Å²) in [6, 6.07) is 0.284. The number of amides is 1. The molecule has 0 aromatic rings. The van der Waals surface area contributed by atoms with Crippen LogP contribution < -0.4 is 5.32 Å². The number of carbonyl (C=O) groups is 1. The first-order valence-electron chi connectivity index (χ1n) is 8.98. The summed E-state index contributed by atoms with van der Waals surface area (Å²) >= 11 is 0. The van der Waals surface area contributed by atoms with E-state index in [1.165, 1.54) is 0 Å². The number of aliphatic hydroxyl groups excluding tert-OH is 1. The van der Waals surface area contributed by atoms with Crippen LogP contribution in [0.2, 0.25) is 0 Å². The molecule has 0 spiro atoms. The Morgan fingerprint density at radius 3 is 2.38 bits per heavy atom. The molecule has 1 saturated carbocycles. The zero-order chi connectivity index (χ0) is 17.4. The van der Waals surface area contributed by atoms with Crippen LogP contribution in [-0.2, 0) is 19.0 Å². The highest BCUT2D eigenvalue weighted by atomic mass is 16.5. The van der Waals surface area contributed by atoms with E-state index in [4.69, 9.17) is 14.2 Å². The van der Waals surface area contributed by atoms with Crippen LogP contribution in [0.1, 0.15) is 32.1 Å². The van der Waals surface area contributed by atoms with Gasteiger partial charge in [-0.15, -0.1) is 0 Å². The molecule has 140 valence electrons. The number of rotatable bonds is 11. The van der Waals surface area contributed by atoms with Crippen molar-refractivity contribution in [1.29, 1.82) is 0 Å². The number of ether oxygens (including phenoxy) is 3. The standard InChI is InChI=1S/C17H32N2O5/c1-22-11-9-19(10-12-23-2)8-7-14-5-6-15(20)16(24-14)17(21)18-13-3-4-13/h13-16,20H,3-12H2,1-2H3,(H,18,21)/t14-,15-,16-/m0/s1. The minimum Gasteiger partial charge on any atom is -0.390 e. The molecule has 7 heteroatoms. The number of hydrogen-bond donors (Lipinski definition) is 2. The number of nitrogens with one attached hydrogen (secondary N) is 1. The van der Waals surface area contributed by atoms with Crippen LogP contribution in [0.15, 0.2) is 0 Å². The Balaban J connectivity index is 1.76. The number of hydrogen-bond acceptors (Lipinski definition) is 6. The second-order valence-electron chi connectivity index (χ2n) is 6.72.